The topological polar surface area (TPSA) is 104 Å². The predicted octanol–water partition coefficient (Wildman–Crippen LogP) is 1.08. The fourth-order valence-electron chi connectivity index (χ4n) is 4.35. The van der Waals surface area contributed by atoms with E-state index in [-0.39, 0.29) is 30.4 Å². The van der Waals surface area contributed by atoms with E-state index in [1.165, 1.54) is 5.01 Å². The molecule has 0 aromatic carbocycles. The van der Waals surface area contributed by atoms with Crippen molar-refractivity contribution in [3.05, 3.63) is 0 Å². The molecule has 1 N–H and O–H groups in total. The summed E-state index contributed by atoms with van der Waals surface area (Å²) < 4.78 is 27.4. The van der Waals surface area contributed by atoms with Gasteiger partial charge < -0.3 is 5.11 Å². The van der Waals surface area contributed by atoms with Gasteiger partial charge in [0.2, 0.25) is 5.91 Å². The molecule has 0 aromatic heterocycles. The normalized spacial score (nSPS) is 31.2. The van der Waals surface area contributed by atoms with Crippen LogP contribution in [0.15, 0.2) is 0 Å². The summed E-state index contributed by atoms with van der Waals surface area (Å²) in [5.41, 5.74) is -1.22. The largest absolute Gasteiger partial charge is 0.480 e. The maximum Gasteiger partial charge on any atom is 0.328 e. The minimum Gasteiger partial charge on any atom is -0.480 e. The van der Waals surface area contributed by atoms with E-state index in [9.17, 15) is 23.1 Å². The van der Waals surface area contributed by atoms with Crippen molar-refractivity contribution in [2.45, 2.75) is 59.0 Å². The second-order valence-corrected chi connectivity index (χ2v) is 9.92. The van der Waals surface area contributed by atoms with E-state index in [1.807, 2.05) is 25.8 Å². The highest BCUT2D eigenvalue weighted by molar-refractivity contribution is 7.85. The molecule has 3 atom stereocenters. The molecular formula is C16H28N2O6S. The lowest BCUT2D eigenvalue weighted by atomic mass is 9.68. The highest BCUT2D eigenvalue weighted by Crippen LogP contribution is 2.49. The molecule has 2 aliphatic rings. The molecule has 2 saturated heterocycles. The molecule has 3 unspecified atom stereocenters. The van der Waals surface area contributed by atoms with E-state index in [0.717, 1.165) is 6.26 Å². The number of carbonyl (C=O) groups excluding carboxylic acids is 1. The Bertz CT molecular complexity index is 656. The number of carbonyl (C=O) groups is 2. The Hall–Kier alpha value is -1.19. The molecule has 0 aromatic rings. The highest BCUT2D eigenvalue weighted by atomic mass is 32.2. The van der Waals surface area contributed by atoms with Gasteiger partial charge in [0, 0.05) is 12.6 Å². The molecule has 0 radical (unpaired) electrons. The van der Waals surface area contributed by atoms with Crippen molar-refractivity contribution in [1.29, 1.82) is 0 Å². The van der Waals surface area contributed by atoms with Gasteiger partial charge in [0.25, 0.3) is 10.1 Å². The summed E-state index contributed by atoms with van der Waals surface area (Å²) in [7, 11) is -3.60. The lowest BCUT2D eigenvalue weighted by Gasteiger charge is -2.45. The van der Waals surface area contributed by atoms with Gasteiger partial charge in [-0.25, -0.2) is 9.80 Å². The van der Waals surface area contributed by atoms with Crippen LogP contribution in [-0.4, -0.2) is 66.9 Å². The molecule has 2 heterocycles. The van der Waals surface area contributed by atoms with E-state index >= 15 is 0 Å². The standard InChI is InChI=1S/C16H28N2O6S/c1-15(2,3)13-16(4,8-10-24-25(5,22)23)14(21)18-11(12(19)20)7-6-9-17(13)18/h11,13H,6-10H2,1-5H3,(H,19,20). The summed E-state index contributed by atoms with van der Waals surface area (Å²) >= 11 is 0. The second-order valence-electron chi connectivity index (χ2n) is 8.27. The number of carboxylic acids is 1. The fraction of sp³-hybridized carbons (Fsp3) is 0.875. The van der Waals surface area contributed by atoms with Crippen molar-refractivity contribution < 1.29 is 27.3 Å². The number of hydrazine groups is 1. The zero-order chi connectivity index (χ0) is 19.2. The van der Waals surface area contributed by atoms with E-state index in [4.69, 9.17) is 4.18 Å². The van der Waals surface area contributed by atoms with Crippen LogP contribution >= 0.6 is 0 Å². The van der Waals surface area contributed by atoms with Gasteiger partial charge >= 0.3 is 5.97 Å². The summed E-state index contributed by atoms with van der Waals surface area (Å²) in [6, 6.07) is -1.11. The van der Waals surface area contributed by atoms with Crippen LogP contribution in [0.25, 0.3) is 0 Å². The lowest BCUT2D eigenvalue weighted by Crippen LogP contribution is -2.57. The van der Waals surface area contributed by atoms with Crippen molar-refractivity contribution in [1.82, 2.24) is 10.0 Å². The van der Waals surface area contributed by atoms with E-state index in [0.29, 0.717) is 19.4 Å². The lowest BCUT2D eigenvalue weighted by molar-refractivity contribution is -0.169. The number of aliphatic carboxylic acids is 1. The molecule has 0 bridgehead atoms. The molecule has 0 spiro atoms. The monoisotopic (exact) mass is 376 g/mol. The Labute approximate surface area is 149 Å². The summed E-state index contributed by atoms with van der Waals surface area (Å²) in [6.45, 7) is 8.32. The first-order chi connectivity index (χ1) is 11.3. The highest BCUT2D eigenvalue weighted by Gasteiger charge is 2.61. The molecule has 2 rings (SSSR count). The molecule has 9 heteroatoms. The van der Waals surface area contributed by atoms with Gasteiger partial charge in [-0.05, 0) is 31.6 Å². The van der Waals surface area contributed by atoms with Crippen molar-refractivity contribution >= 4 is 22.0 Å². The number of amides is 1. The Morgan fingerprint density at radius 3 is 2.48 bits per heavy atom. The van der Waals surface area contributed by atoms with Crippen molar-refractivity contribution in [3.8, 4) is 0 Å². The van der Waals surface area contributed by atoms with Crippen molar-refractivity contribution in [3.63, 3.8) is 0 Å². The molecular weight excluding hydrogens is 348 g/mol. The van der Waals surface area contributed by atoms with Gasteiger partial charge in [-0.15, -0.1) is 0 Å². The first kappa shape index (κ1) is 20.1. The SMILES string of the molecule is CC(C)(C)C1N2CCCC(C(=O)O)N2C(=O)C1(C)CCOS(C)(=O)=O. The summed E-state index contributed by atoms with van der Waals surface area (Å²) in [5.74, 6) is -1.28. The predicted molar refractivity (Wildman–Crippen MR) is 91.0 cm³/mol. The third kappa shape index (κ3) is 3.83. The van der Waals surface area contributed by atoms with Gasteiger partial charge in [-0.3, -0.25) is 14.0 Å². The smallest absolute Gasteiger partial charge is 0.328 e. The van der Waals surface area contributed by atoms with Crippen LogP contribution in [0.3, 0.4) is 0 Å². The molecule has 144 valence electrons. The maximum atomic E-state index is 13.2. The minimum absolute atomic E-state index is 0.104. The van der Waals surface area contributed by atoms with Gasteiger partial charge in [0.15, 0.2) is 0 Å². The van der Waals surface area contributed by atoms with Crippen LogP contribution in [0.2, 0.25) is 0 Å². The number of hydrogen-bond donors (Lipinski definition) is 1. The Balaban J connectivity index is 2.38. The number of nitrogens with zero attached hydrogens (tertiary/aromatic N) is 2. The van der Waals surface area contributed by atoms with Crippen LogP contribution in [0.1, 0.15) is 47.0 Å². The zero-order valence-corrected chi connectivity index (χ0v) is 16.3. The average Bonchev–Trinajstić information content (AvgIpc) is 2.65. The molecule has 0 aliphatic carbocycles. The Morgan fingerprint density at radius 1 is 1.40 bits per heavy atom. The van der Waals surface area contributed by atoms with Crippen molar-refractivity contribution in [2.75, 3.05) is 19.4 Å². The van der Waals surface area contributed by atoms with Gasteiger partial charge in [0.1, 0.15) is 6.04 Å². The number of rotatable bonds is 5. The van der Waals surface area contributed by atoms with Crippen molar-refractivity contribution in [2.24, 2.45) is 10.8 Å². The number of carboxylic acid groups (broad SMARTS) is 1. The Kier molecular flexibility index (Phi) is 5.24. The number of fused-ring (bicyclic) bond motifs is 1. The molecule has 1 amide bonds. The van der Waals surface area contributed by atoms with Crippen LogP contribution in [0, 0.1) is 10.8 Å². The minimum atomic E-state index is -3.60. The summed E-state index contributed by atoms with van der Waals surface area (Å²) in [4.78, 5) is 24.8. The molecule has 25 heavy (non-hydrogen) atoms. The van der Waals surface area contributed by atoms with Crippen LogP contribution < -0.4 is 0 Å². The first-order valence-electron chi connectivity index (χ1n) is 8.46. The van der Waals surface area contributed by atoms with E-state index in [2.05, 4.69) is 0 Å². The molecule has 2 fully saturated rings. The van der Waals surface area contributed by atoms with Gasteiger partial charge in [-0.1, -0.05) is 20.8 Å². The van der Waals surface area contributed by atoms with Crippen LogP contribution in [0.4, 0.5) is 0 Å². The molecule has 2 aliphatic heterocycles. The molecule has 0 saturated carbocycles. The summed E-state index contributed by atoms with van der Waals surface area (Å²) in [5, 5.41) is 12.8. The third-order valence-electron chi connectivity index (χ3n) is 5.06. The fourth-order valence-corrected chi connectivity index (χ4v) is 4.74. The van der Waals surface area contributed by atoms with Crippen LogP contribution in [0.5, 0.6) is 0 Å². The maximum absolute atomic E-state index is 13.2. The van der Waals surface area contributed by atoms with E-state index in [1.54, 1.807) is 6.92 Å². The summed E-state index contributed by atoms with van der Waals surface area (Å²) in [6.07, 6.45) is 2.30. The molecule has 8 nitrogen and oxygen atoms in total. The second kappa shape index (κ2) is 6.51. The Morgan fingerprint density at radius 2 is 2.00 bits per heavy atom. The number of hydrogen-bond acceptors (Lipinski definition) is 6. The van der Waals surface area contributed by atoms with E-state index < -0.39 is 27.5 Å². The quantitative estimate of drug-likeness (QED) is 0.716. The van der Waals surface area contributed by atoms with Gasteiger partial charge in [-0.2, -0.15) is 8.42 Å². The zero-order valence-electron chi connectivity index (χ0n) is 15.5. The first-order valence-corrected chi connectivity index (χ1v) is 10.3. The van der Waals surface area contributed by atoms with Gasteiger partial charge in [0.05, 0.1) is 18.3 Å². The third-order valence-corrected chi connectivity index (χ3v) is 5.65. The van der Waals surface area contributed by atoms with Crippen LogP contribution in [-0.2, 0) is 23.9 Å². The average molecular weight is 376 g/mol.